The molecule has 15 heavy (non-hydrogen) atoms. The number of ether oxygens (including phenoxy) is 1. The van der Waals surface area contributed by atoms with Crippen LogP contribution in [0, 0.1) is 0 Å². The van der Waals surface area contributed by atoms with E-state index >= 15 is 0 Å². The van der Waals surface area contributed by atoms with Crippen molar-refractivity contribution in [3.05, 3.63) is 12.2 Å². The first-order chi connectivity index (χ1) is 7.06. The highest BCUT2D eigenvalue weighted by Crippen LogP contribution is 2.19. The molecular formula is C9H11NO4S. The van der Waals surface area contributed by atoms with Crippen LogP contribution in [0.3, 0.4) is 0 Å². The highest BCUT2D eigenvalue weighted by Gasteiger charge is 2.31. The zero-order valence-corrected chi connectivity index (χ0v) is 9.13. The van der Waals surface area contributed by atoms with Gasteiger partial charge in [-0.15, -0.1) is 0 Å². The van der Waals surface area contributed by atoms with Crippen LogP contribution in [-0.4, -0.2) is 40.9 Å². The largest absolute Gasteiger partial charge is 0.463 e. The molecule has 0 saturated carbocycles. The molecule has 6 heteroatoms. The van der Waals surface area contributed by atoms with Crippen LogP contribution in [0.1, 0.15) is 6.92 Å². The summed E-state index contributed by atoms with van der Waals surface area (Å²) in [5.74, 6) is -0.736. The second-order valence-corrected chi connectivity index (χ2v) is 3.79. The molecule has 0 unspecified atom stereocenters. The first kappa shape index (κ1) is 11.8. The van der Waals surface area contributed by atoms with Gasteiger partial charge in [0.1, 0.15) is 0 Å². The molecule has 0 aromatic carbocycles. The second kappa shape index (κ2) is 4.97. The standard InChI is InChI=1S/C9H11NO4S/c1-3-14-8(12)6(2)4-10-7(11)5-15-9(10)13/h2-5H2,1H3. The number of amides is 2. The minimum absolute atomic E-state index is 0.0799. The molecule has 0 radical (unpaired) electrons. The van der Waals surface area contributed by atoms with Crippen LogP contribution in [0.4, 0.5) is 4.79 Å². The number of nitrogens with zero attached hydrogens (tertiary/aromatic N) is 1. The van der Waals surface area contributed by atoms with Crippen molar-refractivity contribution in [2.24, 2.45) is 0 Å². The Morgan fingerprint density at radius 1 is 1.60 bits per heavy atom. The van der Waals surface area contributed by atoms with Crippen molar-refractivity contribution in [1.82, 2.24) is 4.90 Å². The molecule has 1 aliphatic rings. The van der Waals surface area contributed by atoms with Gasteiger partial charge >= 0.3 is 5.97 Å². The number of hydrogen-bond donors (Lipinski definition) is 0. The Kier molecular flexibility index (Phi) is 3.90. The van der Waals surface area contributed by atoms with Crippen molar-refractivity contribution in [3.8, 4) is 0 Å². The van der Waals surface area contributed by atoms with E-state index in [1.165, 1.54) is 0 Å². The van der Waals surface area contributed by atoms with Gasteiger partial charge in [-0.3, -0.25) is 14.5 Å². The summed E-state index contributed by atoms with van der Waals surface area (Å²) in [6, 6.07) is 0. The van der Waals surface area contributed by atoms with Gasteiger partial charge in [0.2, 0.25) is 5.91 Å². The zero-order chi connectivity index (χ0) is 11.4. The van der Waals surface area contributed by atoms with Crippen molar-refractivity contribution in [3.63, 3.8) is 0 Å². The Labute approximate surface area is 91.4 Å². The van der Waals surface area contributed by atoms with Crippen LogP contribution in [0.25, 0.3) is 0 Å². The Morgan fingerprint density at radius 3 is 2.73 bits per heavy atom. The maximum atomic E-state index is 11.2. The summed E-state index contributed by atoms with van der Waals surface area (Å²) in [6.07, 6.45) is 0. The molecule has 0 aromatic rings. The molecular weight excluding hydrogens is 218 g/mol. The Bertz CT molecular complexity index is 310. The minimum Gasteiger partial charge on any atom is -0.463 e. The summed E-state index contributed by atoms with van der Waals surface area (Å²) in [5, 5.41) is -0.342. The molecule has 5 nitrogen and oxygen atoms in total. The summed E-state index contributed by atoms with van der Waals surface area (Å²) in [5.41, 5.74) is 0.112. The van der Waals surface area contributed by atoms with Crippen LogP contribution >= 0.6 is 11.8 Å². The number of thioether (sulfide) groups is 1. The van der Waals surface area contributed by atoms with Crippen molar-refractivity contribution >= 4 is 28.9 Å². The molecule has 0 atom stereocenters. The van der Waals surface area contributed by atoms with E-state index in [1.807, 2.05) is 0 Å². The Balaban J connectivity index is 2.54. The van der Waals surface area contributed by atoms with Crippen LogP contribution < -0.4 is 0 Å². The molecule has 0 N–H and O–H groups in total. The van der Waals surface area contributed by atoms with Crippen LogP contribution in [-0.2, 0) is 14.3 Å². The first-order valence-corrected chi connectivity index (χ1v) is 5.36. The third kappa shape index (κ3) is 2.82. The molecule has 0 bridgehead atoms. The van der Waals surface area contributed by atoms with Crippen molar-refractivity contribution in [2.75, 3.05) is 18.9 Å². The number of esters is 1. The summed E-state index contributed by atoms with van der Waals surface area (Å²) in [6.45, 7) is 5.31. The fourth-order valence-electron chi connectivity index (χ4n) is 1.02. The molecule has 1 heterocycles. The average molecular weight is 229 g/mol. The number of imide groups is 1. The van der Waals surface area contributed by atoms with Gasteiger partial charge in [0, 0.05) is 5.57 Å². The predicted octanol–water partition coefficient (Wildman–Crippen LogP) is 0.801. The van der Waals surface area contributed by atoms with E-state index in [4.69, 9.17) is 0 Å². The lowest BCUT2D eigenvalue weighted by atomic mass is 10.3. The van der Waals surface area contributed by atoms with E-state index in [-0.39, 0.29) is 35.6 Å². The van der Waals surface area contributed by atoms with E-state index in [0.717, 1.165) is 16.7 Å². The van der Waals surface area contributed by atoms with E-state index in [1.54, 1.807) is 6.92 Å². The molecule has 0 spiro atoms. The van der Waals surface area contributed by atoms with E-state index in [9.17, 15) is 14.4 Å². The number of hydrogen-bond acceptors (Lipinski definition) is 5. The lowest BCUT2D eigenvalue weighted by Gasteiger charge is -2.13. The molecule has 82 valence electrons. The van der Waals surface area contributed by atoms with Gasteiger partial charge in [0.25, 0.3) is 5.24 Å². The molecule has 1 saturated heterocycles. The van der Waals surface area contributed by atoms with Gasteiger partial charge in [0.15, 0.2) is 0 Å². The summed E-state index contributed by atoms with van der Waals surface area (Å²) >= 11 is 0.925. The number of rotatable bonds is 4. The number of carbonyl (C=O) groups excluding carboxylic acids is 3. The van der Waals surface area contributed by atoms with E-state index < -0.39 is 5.97 Å². The lowest BCUT2D eigenvalue weighted by Crippen LogP contribution is -2.32. The van der Waals surface area contributed by atoms with Crippen LogP contribution in [0.2, 0.25) is 0 Å². The maximum absolute atomic E-state index is 11.2. The smallest absolute Gasteiger partial charge is 0.335 e. The SMILES string of the molecule is C=C(CN1C(=O)CSC1=O)C(=O)OCC. The minimum atomic E-state index is -0.574. The van der Waals surface area contributed by atoms with Gasteiger partial charge in [-0.2, -0.15) is 0 Å². The van der Waals surface area contributed by atoms with Gasteiger partial charge in [-0.25, -0.2) is 4.79 Å². The molecule has 1 fully saturated rings. The van der Waals surface area contributed by atoms with Gasteiger partial charge < -0.3 is 4.74 Å². The molecule has 2 amide bonds. The average Bonchev–Trinajstić information content (AvgIpc) is 2.49. The lowest BCUT2D eigenvalue weighted by molar-refractivity contribution is -0.138. The molecule has 0 aromatic heterocycles. The summed E-state index contributed by atoms with van der Waals surface area (Å²) in [4.78, 5) is 34.5. The van der Waals surface area contributed by atoms with Crippen molar-refractivity contribution < 1.29 is 19.1 Å². The van der Waals surface area contributed by atoms with E-state index in [0.29, 0.717) is 0 Å². The quantitative estimate of drug-likeness (QED) is 0.527. The van der Waals surface area contributed by atoms with Crippen LogP contribution in [0.5, 0.6) is 0 Å². The number of carbonyl (C=O) groups is 3. The maximum Gasteiger partial charge on any atom is 0.335 e. The van der Waals surface area contributed by atoms with Crippen molar-refractivity contribution in [1.29, 1.82) is 0 Å². The topological polar surface area (TPSA) is 63.7 Å². The van der Waals surface area contributed by atoms with Gasteiger partial charge in [-0.1, -0.05) is 18.3 Å². The van der Waals surface area contributed by atoms with Gasteiger partial charge in [0.05, 0.1) is 18.9 Å². The summed E-state index contributed by atoms with van der Waals surface area (Å²) in [7, 11) is 0. The van der Waals surface area contributed by atoms with Crippen LogP contribution in [0.15, 0.2) is 12.2 Å². The second-order valence-electron chi connectivity index (χ2n) is 2.86. The first-order valence-electron chi connectivity index (χ1n) is 4.38. The zero-order valence-electron chi connectivity index (χ0n) is 8.32. The fraction of sp³-hybridized carbons (Fsp3) is 0.444. The normalized spacial score (nSPS) is 15.7. The third-order valence-corrected chi connectivity index (χ3v) is 2.61. The summed E-state index contributed by atoms with van der Waals surface area (Å²) < 4.78 is 4.69. The monoisotopic (exact) mass is 229 g/mol. The highest BCUT2D eigenvalue weighted by atomic mass is 32.2. The van der Waals surface area contributed by atoms with Gasteiger partial charge in [-0.05, 0) is 6.92 Å². The fourth-order valence-corrected chi connectivity index (χ4v) is 1.75. The molecule has 1 aliphatic heterocycles. The third-order valence-electron chi connectivity index (χ3n) is 1.75. The Morgan fingerprint density at radius 2 is 2.27 bits per heavy atom. The molecule has 0 aliphatic carbocycles. The van der Waals surface area contributed by atoms with Crippen molar-refractivity contribution in [2.45, 2.75) is 6.92 Å². The highest BCUT2D eigenvalue weighted by molar-refractivity contribution is 8.14. The Hall–Kier alpha value is -1.30. The predicted molar refractivity (Wildman–Crippen MR) is 55.3 cm³/mol. The van der Waals surface area contributed by atoms with E-state index in [2.05, 4.69) is 11.3 Å². The molecule has 1 rings (SSSR count).